The van der Waals surface area contributed by atoms with Gasteiger partial charge in [-0.2, -0.15) is 0 Å². The summed E-state index contributed by atoms with van der Waals surface area (Å²) in [5.74, 6) is -0.295. The minimum atomic E-state index is -0.643. The molecule has 0 atom stereocenters. The average Bonchev–Trinajstić information content (AvgIpc) is 2.34. The van der Waals surface area contributed by atoms with E-state index < -0.39 is 4.92 Å². The molecule has 7 heteroatoms. The van der Waals surface area contributed by atoms with Gasteiger partial charge in [0, 0.05) is 0 Å². The van der Waals surface area contributed by atoms with Gasteiger partial charge in [-0.1, -0.05) is 0 Å². The van der Waals surface area contributed by atoms with Crippen LogP contribution in [0.3, 0.4) is 0 Å². The number of H-pyrrole nitrogens is 1. The van der Waals surface area contributed by atoms with E-state index in [2.05, 4.69) is 9.97 Å². The number of nitrogens with one attached hydrogen (secondary N) is 1. The van der Waals surface area contributed by atoms with Crippen LogP contribution in [0.25, 0.3) is 0 Å². The summed E-state index contributed by atoms with van der Waals surface area (Å²) in [6.07, 6.45) is 1.11. The highest BCUT2D eigenvalue weighted by Gasteiger charge is 2.11. The largest absolute Gasteiger partial charge is 0.382 e. The lowest BCUT2D eigenvalue weighted by atomic mass is 10.8. The van der Waals surface area contributed by atoms with Crippen LogP contribution in [0.4, 0.5) is 5.82 Å². The second kappa shape index (κ2) is 2.67. The third kappa shape index (κ3) is 1.25. The molecule has 1 aromatic heterocycles. The number of rotatable bonds is 2. The number of nitro groups is 1. The summed E-state index contributed by atoms with van der Waals surface area (Å²) < 4.78 is 8.33. The first kappa shape index (κ1) is 7.03. The molecule has 2 N–H and O–H groups in total. The minimum absolute atomic E-state index is 0.117. The van der Waals surface area contributed by atoms with E-state index in [1.165, 1.54) is 0 Å². The first-order valence-electron chi connectivity index (χ1n) is 2.25. The van der Waals surface area contributed by atoms with Gasteiger partial charge in [-0.05, 0) is 9.91 Å². The van der Waals surface area contributed by atoms with E-state index in [1.54, 1.807) is 0 Å². The van der Waals surface area contributed by atoms with Crippen molar-refractivity contribution in [3.63, 3.8) is 0 Å². The van der Waals surface area contributed by atoms with Gasteiger partial charge in [0.15, 0.2) is 0 Å². The normalized spacial score (nSPS) is 9.70. The van der Waals surface area contributed by atoms with Crippen molar-refractivity contribution in [3.05, 3.63) is 16.3 Å². The van der Waals surface area contributed by atoms with Crippen LogP contribution in [0.15, 0.2) is 11.4 Å². The summed E-state index contributed by atoms with van der Waals surface area (Å²) in [5.41, 5.74) is 0. The van der Waals surface area contributed by atoms with Gasteiger partial charge in [-0.15, -0.1) is 0 Å². The Bertz CT molecular complexity index is 247. The van der Waals surface area contributed by atoms with Crippen molar-refractivity contribution in [3.8, 4) is 0 Å². The zero-order chi connectivity index (χ0) is 7.56. The summed E-state index contributed by atoms with van der Waals surface area (Å²) in [6.45, 7) is 0. The molecule has 0 aliphatic carbocycles. The van der Waals surface area contributed by atoms with E-state index in [-0.39, 0.29) is 11.0 Å². The summed E-state index contributed by atoms with van der Waals surface area (Å²) in [6, 6.07) is 0. The molecule has 6 nitrogen and oxygen atoms in total. The Morgan fingerprint density at radius 2 is 2.60 bits per heavy atom. The van der Waals surface area contributed by atoms with E-state index >= 15 is 0 Å². The molecule has 0 bridgehead atoms. The van der Waals surface area contributed by atoms with Crippen LogP contribution < -0.4 is 0 Å². The Balaban J connectivity index is 2.88. The molecule has 0 saturated carbocycles. The van der Waals surface area contributed by atoms with Crippen molar-refractivity contribution in [1.82, 2.24) is 9.97 Å². The van der Waals surface area contributed by atoms with Crippen molar-refractivity contribution in [2.45, 2.75) is 5.16 Å². The van der Waals surface area contributed by atoms with Crippen LogP contribution in [-0.2, 0) is 0 Å². The average molecular weight is 161 g/mol. The molecule has 54 valence electrons. The second-order valence-electron chi connectivity index (χ2n) is 1.41. The lowest BCUT2D eigenvalue weighted by Crippen LogP contribution is -1.86. The number of imidazole rings is 1. The molecular weight excluding hydrogens is 158 g/mol. The number of aromatic nitrogens is 2. The molecule has 10 heavy (non-hydrogen) atoms. The Labute approximate surface area is 59.6 Å². The summed E-state index contributed by atoms with van der Waals surface area (Å²) in [5, 5.41) is 10.1. The summed E-state index contributed by atoms with van der Waals surface area (Å²) in [4.78, 5) is 15.1. The van der Waals surface area contributed by atoms with Gasteiger partial charge in [0.1, 0.15) is 6.20 Å². The fourth-order valence-electron chi connectivity index (χ4n) is 0.435. The molecule has 0 aromatic carbocycles. The SMILES string of the molecule is O=[N+]([O-])c1c[nH]c(SO)n1. The molecule has 0 radical (unpaired) electrons. The van der Waals surface area contributed by atoms with Crippen molar-refractivity contribution < 1.29 is 9.48 Å². The Kier molecular flexibility index (Phi) is 1.88. The number of aromatic amines is 1. The minimum Gasteiger partial charge on any atom is -0.358 e. The monoisotopic (exact) mass is 161 g/mol. The predicted molar refractivity (Wildman–Crippen MR) is 33.7 cm³/mol. The molecule has 0 aliphatic heterocycles. The van der Waals surface area contributed by atoms with Crippen LogP contribution in [0, 0.1) is 10.1 Å². The van der Waals surface area contributed by atoms with E-state index in [4.69, 9.17) is 4.55 Å². The van der Waals surface area contributed by atoms with E-state index in [9.17, 15) is 10.1 Å². The van der Waals surface area contributed by atoms with Gasteiger partial charge in [-0.3, -0.25) is 0 Å². The maximum absolute atomic E-state index is 9.96. The number of hydrogen-bond donors (Lipinski definition) is 2. The van der Waals surface area contributed by atoms with Crippen LogP contribution in [0.2, 0.25) is 0 Å². The molecule has 0 aliphatic rings. The van der Waals surface area contributed by atoms with Crippen LogP contribution in [0.5, 0.6) is 0 Å². The first-order chi connectivity index (χ1) is 4.74. The van der Waals surface area contributed by atoms with E-state index in [0.29, 0.717) is 12.0 Å². The molecular formula is C3H3N3O3S. The zero-order valence-electron chi connectivity index (χ0n) is 4.64. The maximum atomic E-state index is 9.96. The molecule has 0 spiro atoms. The fourth-order valence-corrected chi connectivity index (χ4v) is 0.681. The van der Waals surface area contributed by atoms with Crippen molar-refractivity contribution in [2.75, 3.05) is 0 Å². The lowest BCUT2D eigenvalue weighted by Gasteiger charge is -1.81. The topological polar surface area (TPSA) is 92.0 Å². The smallest absolute Gasteiger partial charge is 0.358 e. The van der Waals surface area contributed by atoms with Crippen molar-refractivity contribution >= 4 is 17.9 Å². The standard InChI is InChI=1S/C3H3N3O3S/c7-6(8)2-1-4-3(5-2)10-9/h1,9H,(H,4,5). The van der Waals surface area contributed by atoms with E-state index in [0.717, 1.165) is 6.20 Å². The van der Waals surface area contributed by atoms with E-state index in [1.807, 2.05) is 0 Å². The predicted octanol–water partition coefficient (Wildman–Crippen LogP) is 0.883. The molecule has 0 saturated heterocycles. The Morgan fingerprint density at radius 1 is 1.90 bits per heavy atom. The Morgan fingerprint density at radius 3 is 2.90 bits per heavy atom. The third-order valence-electron chi connectivity index (χ3n) is 0.814. The van der Waals surface area contributed by atoms with Gasteiger partial charge < -0.3 is 19.7 Å². The maximum Gasteiger partial charge on any atom is 0.382 e. The zero-order valence-corrected chi connectivity index (χ0v) is 5.46. The second-order valence-corrected chi connectivity index (χ2v) is 1.98. The molecule has 0 unspecified atom stereocenters. The highest BCUT2D eigenvalue weighted by Crippen LogP contribution is 2.12. The molecule has 1 heterocycles. The van der Waals surface area contributed by atoms with Gasteiger partial charge in [-0.25, -0.2) is 0 Å². The molecule has 0 amide bonds. The molecule has 1 rings (SSSR count). The first-order valence-corrected chi connectivity index (χ1v) is 3.02. The third-order valence-corrected chi connectivity index (χ3v) is 1.20. The van der Waals surface area contributed by atoms with Gasteiger partial charge in [0.2, 0.25) is 0 Å². The van der Waals surface area contributed by atoms with Crippen molar-refractivity contribution in [1.29, 1.82) is 0 Å². The molecule has 0 fully saturated rings. The number of nitrogens with zero attached hydrogens (tertiary/aromatic N) is 2. The van der Waals surface area contributed by atoms with Crippen LogP contribution >= 0.6 is 12.0 Å². The quantitative estimate of drug-likeness (QED) is 0.381. The van der Waals surface area contributed by atoms with Gasteiger partial charge in [0.05, 0.1) is 12.0 Å². The van der Waals surface area contributed by atoms with Gasteiger partial charge in [0.25, 0.3) is 0 Å². The summed E-state index contributed by atoms with van der Waals surface area (Å²) >= 11 is 0.336. The van der Waals surface area contributed by atoms with Crippen molar-refractivity contribution in [2.24, 2.45) is 0 Å². The van der Waals surface area contributed by atoms with Gasteiger partial charge >= 0.3 is 11.0 Å². The lowest BCUT2D eigenvalue weighted by molar-refractivity contribution is -0.389. The highest BCUT2D eigenvalue weighted by molar-refractivity contribution is 7.93. The molecule has 1 aromatic rings. The number of hydrogen-bond acceptors (Lipinski definition) is 5. The fraction of sp³-hybridized carbons (Fsp3) is 0. The highest BCUT2D eigenvalue weighted by atomic mass is 32.2. The van der Waals surface area contributed by atoms with Crippen LogP contribution in [-0.4, -0.2) is 19.4 Å². The van der Waals surface area contributed by atoms with Crippen LogP contribution in [0.1, 0.15) is 0 Å². The summed E-state index contributed by atoms with van der Waals surface area (Å²) in [7, 11) is 0. The Hall–Kier alpha value is -1.08.